The summed E-state index contributed by atoms with van der Waals surface area (Å²) < 4.78 is 15.4. The molecule has 2 rings (SSSR count). The second kappa shape index (κ2) is 12.2. The fourth-order valence-corrected chi connectivity index (χ4v) is 2.81. The van der Waals surface area contributed by atoms with Crippen LogP contribution in [0, 0.1) is 0 Å². The zero-order valence-corrected chi connectivity index (χ0v) is 17.4. The zero-order valence-electron chi connectivity index (χ0n) is 16.7. The van der Waals surface area contributed by atoms with Crippen LogP contribution >= 0.6 is 11.6 Å². The Morgan fingerprint density at radius 3 is 2.69 bits per heavy atom. The van der Waals surface area contributed by atoms with Gasteiger partial charge in [-0.25, -0.2) is 4.98 Å². The minimum absolute atomic E-state index is 0.131. The van der Waals surface area contributed by atoms with Gasteiger partial charge in [0.15, 0.2) is 5.69 Å². The van der Waals surface area contributed by atoms with Crippen LogP contribution in [0.5, 0.6) is 0 Å². The molecule has 0 atom stereocenters. The summed E-state index contributed by atoms with van der Waals surface area (Å²) in [5.41, 5.74) is 0.641. The Hall–Kier alpha value is -2.42. The first-order valence-corrected chi connectivity index (χ1v) is 9.68. The van der Waals surface area contributed by atoms with Gasteiger partial charge < -0.3 is 24.1 Å². The van der Waals surface area contributed by atoms with Crippen molar-refractivity contribution in [3.8, 4) is 0 Å². The number of nitrogens with zero attached hydrogens (tertiary/aromatic N) is 2. The lowest BCUT2D eigenvalue weighted by Gasteiger charge is -2.21. The van der Waals surface area contributed by atoms with Crippen molar-refractivity contribution in [1.29, 1.82) is 0 Å². The van der Waals surface area contributed by atoms with E-state index in [9.17, 15) is 9.59 Å². The Morgan fingerprint density at radius 1 is 1.21 bits per heavy atom. The van der Waals surface area contributed by atoms with Gasteiger partial charge >= 0.3 is 0 Å². The van der Waals surface area contributed by atoms with Crippen molar-refractivity contribution in [2.75, 3.05) is 40.5 Å². The topological polar surface area (TPSA) is 93.9 Å². The summed E-state index contributed by atoms with van der Waals surface area (Å²) in [6.07, 6.45) is 2.64. The highest BCUT2D eigenvalue weighted by atomic mass is 35.5. The Kier molecular flexibility index (Phi) is 9.63. The predicted octanol–water partition coefficient (Wildman–Crippen LogP) is 2.77. The number of oxazole rings is 1. The second-order valence-electron chi connectivity index (χ2n) is 6.31. The molecule has 0 spiro atoms. The highest BCUT2D eigenvalue weighted by Gasteiger charge is 2.20. The first-order valence-electron chi connectivity index (χ1n) is 9.30. The highest BCUT2D eigenvalue weighted by Crippen LogP contribution is 2.15. The van der Waals surface area contributed by atoms with Crippen LogP contribution in [0.25, 0.3) is 0 Å². The number of halogens is 1. The second-order valence-corrected chi connectivity index (χ2v) is 6.75. The van der Waals surface area contributed by atoms with E-state index in [1.807, 2.05) is 0 Å². The van der Waals surface area contributed by atoms with Crippen LogP contribution in [-0.2, 0) is 16.0 Å². The molecule has 158 valence electrons. The zero-order chi connectivity index (χ0) is 21.1. The van der Waals surface area contributed by atoms with Gasteiger partial charge in [-0.2, -0.15) is 0 Å². The molecule has 1 heterocycles. The number of rotatable bonds is 12. The minimum Gasteiger partial charge on any atom is -0.446 e. The molecule has 2 amide bonds. The van der Waals surface area contributed by atoms with Crippen molar-refractivity contribution in [2.45, 2.75) is 19.4 Å². The summed E-state index contributed by atoms with van der Waals surface area (Å²) in [7, 11) is 3.21. The van der Waals surface area contributed by atoms with Gasteiger partial charge in [-0.05, 0) is 31.0 Å². The van der Waals surface area contributed by atoms with Gasteiger partial charge in [-0.1, -0.05) is 17.7 Å². The Bertz CT molecular complexity index is 796. The number of hydrogen-bond acceptors (Lipinski definition) is 6. The minimum atomic E-state index is -0.330. The van der Waals surface area contributed by atoms with E-state index < -0.39 is 0 Å². The van der Waals surface area contributed by atoms with Gasteiger partial charge in [0.25, 0.3) is 11.8 Å². The third kappa shape index (κ3) is 7.49. The molecule has 0 saturated carbocycles. The van der Waals surface area contributed by atoms with Gasteiger partial charge in [0.05, 0.1) is 6.54 Å². The lowest BCUT2D eigenvalue weighted by molar-refractivity contribution is 0.0708. The molecule has 1 aromatic heterocycles. The number of benzene rings is 1. The molecule has 2 aromatic rings. The largest absolute Gasteiger partial charge is 0.446 e. The normalized spacial score (nSPS) is 10.7. The highest BCUT2D eigenvalue weighted by molar-refractivity contribution is 6.30. The summed E-state index contributed by atoms with van der Waals surface area (Å²) in [6, 6.07) is 6.74. The van der Waals surface area contributed by atoms with E-state index in [4.69, 9.17) is 25.5 Å². The number of methoxy groups -OCH3 is 2. The van der Waals surface area contributed by atoms with Crippen molar-refractivity contribution >= 4 is 23.4 Å². The van der Waals surface area contributed by atoms with E-state index in [-0.39, 0.29) is 29.9 Å². The van der Waals surface area contributed by atoms with E-state index in [1.54, 1.807) is 43.4 Å². The molecule has 9 heteroatoms. The molecule has 8 nitrogen and oxygen atoms in total. The average Bonchev–Trinajstić information content (AvgIpc) is 3.18. The SMILES string of the molecule is COCCCNC(=O)c1coc(CN(CCCOC)C(=O)c2cccc(Cl)c2)n1. The Labute approximate surface area is 175 Å². The molecule has 0 aliphatic rings. The predicted molar refractivity (Wildman–Crippen MR) is 108 cm³/mol. The van der Waals surface area contributed by atoms with Crippen LogP contribution < -0.4 is 5.32 Å². The number of aromatic nitrogens is 1. The van der Waals surface area contributed by atoms with E-state index in [0.29, 0.717) is 49.7 Å². The third-order valence-electron chi connectivity index (χ3n) is 4.06. The molecule has 0 aliphatic heterocycles. The van der Waals surface area contributed by atoms with E-state index in [1.165, 1.54) is 6.26 Å². The smallest absolute Gasteiger partial charge is 0.273 e. The molecule has 0 radical (unpaired) electrons. The number of nitrogens with one attached hydrogen (secondary N) is 1. The van der Waals surface area contributed by atoms with Crippen molar-refractivity contribution in [3.63, 3.8) is 0 Å². The van der Waals surface area contributed by atoms with Crippen LogP contribution in [0.15, 0.2) is 34.9 Å². The van der Waals surface area contributed by atoms with E-state index in [0.717, 1.165) is 0 Å². The van der Waals surface area contributed by atoms with Crippen LogP contribution in [0.2, 0.25) is 5.02 Å². The Morgan fingerprint density at radius 2 is 1.97 bits per heavy atom. The van der Waals surface area contributed by atoms with E-state index in [2.05, 4.69) is 10.3 Å². The molecule has 0 unspecified atom stereocenters. The van der Waals surface area contributed by atoms with Gasteiger partial charge in [0, 0.05) is 51.1 Å². The van der Waals surface area contributed by atoms with Crippen LogP contribution in [0.1, 0.15) is 39.6 Å². The van der Waals surface area contributed by atoms with Gasteiger partial charge in [0.1, 0.15) is 6.26 Å². The van der Waals surface area contributed by atoms with Crippen molar-refractivity contribution < 1.29 is 23.5 Å². The van der Waals surface area contributed by atoms with Gasteiger partial charge in [0.2, 0.25) is 5.89 Å². The summed E-state index contributed by atoms with van der Waals surface area (Å²) >= 11 is 6.01. The van der Waals surface area contributed by atoms with Crippen molar-refractivity contribution in [3.05, 3.63) is 52.7 Å². The molecule has 1 N–H and O–H groups in total. The summed E-state index contributed by atoms with van der Waals surface area (Å²) in [6.45, 7) is 2.13. The fourth-order valence-electron chi connectivity index (χ4n) is 2.62. The number of carbonyl (C=O) groups excluding carboxylic acids is 2. The van der Waals surface area contributed by atoms with Gasteiger partial charge in [-0.3, -0.25) is 9.59 Å². The number of amides is 2. The average molecular weight is 424 g/mol. The quantitative estimate of drug-likeness (QED) is 0.527. The Balaban J connectivity index is 2.04. The summed E-state index contributed by atoms with van der Waals surface area (Å²) in [4.78, 5) is 30.8. The third-order valence-corrected chi connectivity index (χ3v) is 4.29. The standard InChI is InChI=1S/C20H26ClN3O5/c1-27-10-4-8-22-19(25)17-14-29-18(23-17)13-24(9-5-11-28-2)20(26)15-6-3-7-16(21)12-15/h3,6-7,12,14H,4-5,8-11,13H2,1-2H3,(H,22,25). The summed E-state index contributed by atoms with van der Waals surface area (Å²) in [5.74, 6) is -0.254. The first kappa shape index (κ1) is 22.9. The maximum Gasteiger partial charge on any atom is 0.273 e. The molecular formula is C20H26ClN3O5. The fraction of sp³-hybridized carbons (Fsp3) is 0.450. The molecule has 0 saturated heterocycles. The van der Waals surface area contributed by atoms with E-state index >= 15 is 0 Å². The molecular weight excluding hydrogens is 398 g/mol. The molecule has 0 fully saturated rings. The van der Waals surface area contributed by atoms with Crippen molar-refractivity contribution in [1.82, 2.24) is 15.2 Å². The van der Waals surface area contributed by atoms with Gasteiger partial charge in [-0.15, -0.1) is 0 Å². The maximum absolute atomic E-state index is 12.9. The number of carbonyl (C=O) groups is 2. The van der Waals surface area contributed by atoms with Crippen LogP contribution in [0.4, 0.5) is 0 Å². The first-order chi connectivity index (χ1) is 14.0. The monoisotopic (exact) mass is 423 g/mol. The maximum atomic E-state index is 12.9. The van der Waals surface area contributed by atoms with Crippen molar-refractivity contribution in [2.24, 2.45) is 0 Å². The summed E-state index contributed by atoms with van der Waals surface area (Å²) in [5, 5.41) is 3.23. The lowest BCUT2D eigenvalue weighted by Crippen LogP contribution is -2.32. The number of ether oxygens (including phenoxy) is 2. The molecule has 0 bridgehead atoms. The number of hydrogen-bond donors (Lipinski definition) is 1. The molecule has 0 aliphatic carbocycles. The molecule has 29 heavy (non-hydrogen) atoms. The van der Waals surface area contributed by atoms with Crippen LogP contribution in [-0.4, -0.2) is 62.2 Å². The van der Waals surface area contributed by atoms with Crippen LogP contribution in [0.3, 0.4) is 0 Å². The molecule has 1 aromatic carbocycles. The lowest BCUT2D eigenvalue weighted by atomic mass is 10.2.